The van der Waals surface area contributed by atoms with E-state index < -0.39 is 4.92 Å². The number of ketones is 1. The number of hydrogen-bond donors (Lipinski definition) is 1. The molecule has 0 spiro atoms. The molecule has 3 aromatic carbocycles. The zero-order chi connectivity index (χ0) is 23.9. The summed E-state index contributed by atoms with van der Waals surface area (Å²) in [5.41, 5.74) is 1.93. The van der Waals surface area contributed by atoms with Gasteiger partial charge in [-0.3, -0.25) is 24.6 Å². The molecule has 34 heavy (non-hydrogen) atoms. The van der Waals surface area contributed by atoms with Crippen molar-refractivity contribution in [3.63, 3.8) is 0 Å². The average molecular weight is 458 g/mol. The van der Waals surface area contributed by atoms with E-state index in [1.54, 1.807) is 30.3 Å². The maximum absolute atomic E-state index is 13.0. The lowest BCUT2D eigenvalue weighted by molar-refractivity contribution is -0.384. The molecule has 1 aliphatic rings. The Bertz CT molecular complexity index is 1160. The zero-order valence-electron chi connectivity index (χ0n) is 18.9. The maximum Gasteiger partial charge on any atom is 0.270 e. The van der Waals surface area contributed by atoms with Crippen molar-refractivity contribution in [1.29, 1.82) is 0 Å². The van der Waals surface area contributed by atoms with Gasteiger partial charge in [0, 0.05) is 17.7 Å². The monoisotopic (exact) mass is 457 g/mol. The molecular formula is C27H27N3O4. The Morgan fingerprint density at radius 2 is 1.59 bits per heavy atom. The van der Waals surface area contributed by atoms with Gasteiger partial charge in [-0.25, -0.2) is 0 Å². The van der Waals surface area contributed by atoms with Crippen molar-refractivity contribution in [2.24, 2.45) is 5.92 Å². The number of non-ortho nitro benzene ring substituents is 1. The SMILES string of the molecule is O=C(CN1CCC(Cc2ccccc2)CC1)Nc1ccc([N+](=O)[O-])cc1C(=O)c1ccccc1. The molecular weight excluding hydrogens is 430 g/mol. The molecule has 7 heteroatoms. The first kappa shape index (κ1) is 23.3. The zero-order valence-corrected chi connectivity index (χ0v) is 18.9. The molecule has 0 radical (unpaired) electrons. The molecule has 1 aliphatic heterocycles. The summed E-state index contributed by atoms with van der Waals surface area (Å²) in [6, 6.07) is 22.9. The summed E-state index contributed by atoms with van der Waals surface area (Å²) in [6.45, 7) is 1.88. The minimum absolute atomic E-state index is 0.107. The van der Waals surface area contributed by atoms with Crippen molar-refractivity contribution in [1.82, 2.24) is 4.90 Å². The fourth-order valence-electron chi connectivity index (χ4n) is 4.38. The highest BCUT2D eigenvalue weighted by molar-refractivity contribution is 6.14. The molecule has 0 atom stereocenters. The van der Waals surface area contributed by atoms with Gasteiger partial charge in [0.2, 0.25) is 5.91 Å². The minimum atomic E-state index is -0.549. The predicted octanol–water partition coefficient (Wildman–Crippen LogP) is 4.72. The van der Waals surface area contributed by atoms with Gasteiger partial charge in [-0.1, -0.05) is 60.7 Å². The molecule has 1 N–H and O–H groups in total. The van der Waals surface area contributed by atoms with E-state index in [1.807, 2.05) is 6.07 Å². The first-order valence-electron chi connectivity index (χ1n) is 11.4. The molecule has 0 saturated carbocycles. The van der Waals surface area contributed by atoms with E-state index in [1.165, 1.54) is 23.8 Å². The molecule has 1 saturated heterocycles. The van der Waals surface area contributed by atoms with Crippen molar-refractivity contribution < 1.29 is 14.5 Å². The maximum atomic E-state index is 13.0. The van der Waals surface area contributed by atoms with Gasteiger partial charge in [0.25, 0.3) is 5.69 Å². The standard InChI is InChI=1S/C27H27N3O4/c31-26(19-29-15-13-21(14-16-29)17-20-7-3-1-4-8-20)28-25-12-11-23(30(33)34)18-24(25)27(32)22-9-5-2-6-10-22/h1-12,18,21H,13-17,19H2,(H,28,31). The normalized spacial score (nSPS) is 14.5. The first-order valence-corrected chi connectivity index (χ1v) is 11.4. The Balaban J connectivity index is 1.39. The summed E-state index contributed by atoms with van der Waals surface area (Å²) < 4.78 is 0. The number of piperidine rings is 1. The Morgan fingerprint density at radius 3 is 2.24 bits per heavy atom. The van der Waals surface area contributed by atoms with E-state index in [0.29, 0.717) is 11.5 Å². The smallest absolute Gasteiger partial charge is 0.270 e. The van der Waals surface area contributed by atoms with Crippen LogP contribution in [0.1, 0.15) is 34.3 Å². The molecule has 7 nitrogen and oxygen atoms in total. The van der Waals surface area contributed by atoms with Gasteiger partial charge in [-0.15, -0.1) is 0 Å². The third-order valence-corrected chi connectivity index (χ3v) is 6.21. The van der Waals surface area contributed by atoms with Crippen LogP contribution in [0.4, 0.5) is 11.4 Å². The lowest BCUT2D eigenvalue weighted by Gasteiger charge is -2.31. The number of nitro groups is 1. The molecule has 1 fully saturated rings. The van der Waals surface area contributed by atoms with Gasteiger partial charge in [-0.05, 0) is 49.9 Å². The molecule has 174 valence electrons. The Labute approximate surface area is 198 Å². The number of hydrogen-bond acceptors (Lipinski definition) is 5. The van der Waals surface area contributed by atoms with Crippen LogP contribution < -0.4 is 5.32 Å². The second-order valence-corrected chi connectivity index (χ2v) is 8.64. The second kappa shape index (κ2) is 10.9. The highest BCUT2D eigenvalue weighted by Gasteiger charge is 2.23. The van der Waals surface area contributed by atoms with Gasteiger partial charge in [0.1, 0.15) is 0 Å². The summed E-state index contributed by atoms with van der Waals surface area (Å²) in [5.74, 6) is -0.00900. The van der Waals surface area contributed by atoms with Crippen LogP contribution in [0.2, 0.25) is 0 Å². The summed E-state index contributed by atoms with van der Waals surface area (Å²) >= 11 is 0. The molecule has 0 aliphatic carbocycles. The minimum Gasteiger partial charge on any atom is -0.324 e. The topological polar surface area (TPSA) is 92.6 Å². The quantitative estimate of drug-likeness (QED) is 0.300. The number of nitro benzene ring substituents is 1. The van der Waals surface area contributed by atoms with E-state index in [2.05, 4.69) is 34.5 Å². The van der Waals surface area contributed by atoms with Gasteiger partial charge < -0.3 is 5.32 Å². The summed E-state index contributed by atoms with van der Waals surface area (Å²) in [5, 5.41) is 14.1. The number of nitrogens with one attached hydrogen (secondary N) is 1. The Kier molecular flexibility index (Phi) is 7.44. The van der Waals surface area contributed by atoms with Crippen LogP contribution in [0.15, 0.2) is 78.9 Å². The van der Waals surface area contributed by atoms with E-state index in [9.17, 15) is 19.7 Å². The molecule has 4 rings (SSSR count). The van der Waals surface area contributed by atoms with Crippen LogP contribution in [-0.4, -0.2) is 41.1 Å². The highest BCUT2D eigenvalue weighted by atomic mass is 16.6. The number of carbonyl (C=O) groups excluding carboxylic acids is 2. The molecule has 1 amide bonds. The van der Waals surface area contributed by atoms with Crippen molar-refractivity contribution in [3.8, 4) is 0 Å². The number of amides is 1. The molecule has 1 heterocycles. The van der Waals surface area contributed by atoms with E-state index in [-0.39, 0.29) is 35.2 Å². The van der Waals surface area contributed by atoms with Gasteiger partial charge in [0.15, 0.2) is 5.78 Å². The van der Waals surface area contributed by atoms with Crippen molar-refractivity contribution in [3.05, 3.63) is 106 Å². The number of anilines is 1. The lowest BCUT2D eigenvalue weighted by Crippen LogP contribution is -2.39. The number of likely N-dealkylation sites (tertiary alicyclic amines) is 1. The van der Waals surface area contributed by atoms with Crippen LogP contribution in [0.5, 0.6) is 0 Å². The van der Waals surface area contributed by atoms with Crippen molar-refractivity contribution >= 4 is 23.1 Å². The number of benzene rings is 3. The molecule has 3 aromatic rings. The molecule has 0 unspecified atom stereocenters. The van der Waals surface area contributed by atoms with Crippen LogP contribution in [0.25, 0.3) is 0 Å². The molecule has 0 aromatic heterocycles. The number of carbonyl (C=O) groups is 2. The summed E-state index contributed by atoms with van der Waals surface area (Å²) in [4.78, 5) is 38.6. The highest BCUT2D eigenvalue weighted by Crippen LogP contribution is 2.26. The third kappa shape index (κ3) is 5.94. The number of nitrogens with zero attached hydrogens (tertiary/aromatic N) is 2. The predicted molar refractivity (Wildman–Crippen MR) is 131 cm³/mol. The van der Waals surface area contributed by atoms with Crippen LogP contribution >= 0.6 is 0 Å². The van der Waals surface area contributed by atoms with E-state index in [4.69, 9.17) is 0 Å². The Morgan fingerprint density at radius 1 is 0.941 bits per heavy atom. The second-order valence-electron chi connectivity index (χ2n) is 8.64. The van der Waals surface area contributed by atoms with Crippen LogP contribution in [-0.2, 0) is 11.2 Å². The molecule has 0 bridgehead atoms. The van der Waals surface area contributed by atoms with Gasteiger partial charge in [0.05, 0.1) is 22.7 Å². The van der Waals surface area contributed by atoms with Crippen molar-refractivity contribution in [2.45, 2.75) is 19.3 Å². The fraction of sp³-hybridized carbons (Fsp3) is 0.259. The van der Waals surface area contributed by atoms with Gasteiger partial charge >= 0.3 is 0 Å². The summed E-state index contributed by atoms with van der Waals surface area (Å²) in [7, 11) is 0. The van der Waals surface area contributed by atoms with Crippen molar-refractivity contribution in [2.75, 3.05) is 25.0 Å². The third-order valence-electron chi connectivity index (χ3n) is 6.21. The van der Waals surface area contributed by atoms with E-state index >= 15 is 0 Å². The fourth-order valence-corrected chi connectivity index (χ4v) is 4.38. The summed E-state index contributed by atoms with van der Waals surface area (Å²) in [6.07, 6.45) is 3.10. The average Bonchev–Trinajstić information content (AvgIpc) is 2.86. The number of rotatable bonds is 8. The van der Waals surface area contributed by atoms with E-state index in [0.717, 1.165) is 32.4 Å². The van der Waals surface area contributed by atoms with Crippen LogP contribution in [0.3, 0.4) is 0 Å². The van der Waals surface area contributed by atoms with Crippen LogP contribution in [0, 0.1) is 16.0 Å². The lowest BCUT2D eigenvalue weighted by atomic mass is 9.90. The largest absolute Gasteiger partial charge is 0.324 e. The Hall–Kier alpha value is -3.84. The first-order chi connectivity index (χ1) is 16.5. The van der Waals surface area contributed by atoms with Gasteiger partial charge in [-0.2, -0.15) is 0 Å².